The maximum absolute atomic E-state index is 15.0. The molecule has 4 aliphatic rings. The molecule has 2 saturated carbocycles. The number of alkyl carbamates (subject to hydrolysis) is 1. The number of thioether (sulfide) groups is 1. The summed E-state index contributed by atoms with van der Waals surface area (Å²) in [4.78, 5) is 58.4. The van der Waals surface area contributed by atoms with Crippen LogP contribution in [0.4, 0.5) is 13.6 Å². The van der Waals surface area contributed by atoms with Crippen molar-refractivity contribution in [1.82, 2.24) is 20.3 Å². The Kier molecular flexibility index (Phi) is 14.8. The van der Waals surface area contributed by atoms with Crippen molar-refractivity contribution in [1.29, 1.82) is 0 Å². The van der Waals surface area contributed by atoms with Crippen LogP contribution in [0.25, 0.3) is 5.57 Å². The van der Waals surface area contributed by atoms with Gasteiger partial charge in [-0.2, -0.15) is 0 Å². The zero-order chi connectivity index (χ0) is 45.0. The van der Waals surface area contributed by atoms with Gasteiger partial charge in [0.15, 0.2) is 0 Å². The van der Waals surface area contributed by atoms with Crippen molar-refractivity contribution in [2.45, 2.75) is 145 Å². The number of allylic oxidation sites excluding steroid dienone is 5. The van der Waals surface area contributed by atoms with Gasteiger partial charge in [-0.3, -0.25) is 19.1 Å². The molecule has 1 aliphatic heterocycles. The summed E-state index contributed by atoms with van der Waals surface area (Å²) >= 11 is 1.52. The summed E-state index contributed by atoms with van der Waals surface area (Å²) in [5.74, 6) is -4.05. The monoisotopic (exact) mass is 886 g/mol. The Morgan fingerprint density at radius 1 is 1.00 bits per heavy atom. The van der Waals surface area contributed by atoms with Crippen molar-refractivity contribution < 1.29 is 41.1 Å². The van der Waals surface area contributed by atoms with E-state index in [0.29, 0.717) is 37.9 Å². The fourth-order valence-electron chi connectivity index (χ4n) is 8.55. The van der Waals surface area contributed by atoms with Gasteiger partial charge >= 0.3 is 6.09 Å². The first-order valence-corrected chi connectivity index (χ1v) is 23.8. The van der Waals surface area contributed by atoms with Crippen LogP contribution in [0.1, 0.15) is 111 Å². The molecule has 1 aromatic rings. The molecule has 3 N–H and O–H groups in total. The van der Waals surface area contributed by atoms with Gasteiger partial charge in [-0.15, -0.1) is 24.9 Å². The number of hydrogen-bond donors (Lipinski definition) is 3. The fraction of sp³-hybridized carbons (Fsp3) is 0.609. The highest BCUT2D eigenvalue weighted by Crippen LogP contribution is 2.52. The SMILES string of the molecule is C=CCCCCCC1(S(=O)(=O)NC(=O)[C@@]2(NC(=O)[C@@H]3C[C@@](SCC=C)(C4C=CC(c5ccccc5)=CC4)CN3C(=O)[C@@H](NC(=O)OC(C)(C)C)C(C)(C)C)C[C@H]2C(F)F)CC1. The zero-order valence-corrected chi connectivity index (χ0v) is 38.1. The molecule has 1 heterocycles. The molecule has 61 heavy (non-hydrogen) atoms. The largest absolute Gasteiger partial charge is 0.444 e. The van der Waals surface area contributed by atoms with Crippen LogP contribution in [0.15, 0.2) is 73.9 Å². The average molecular weight is 887 g/mol. The second kappa shape index (κ2) is 18.8. The van der Waals surface area contributed by atoms with E-state index >= 15 is 0 Å². The number of carbonyl (C=O) groups is 4. The van der Waals surface area contributed by atoms with Crippen molar-refractivity contribution in [3.8, 4) is 0 Å². The van der Waals surface area contributed by atoms with E-state index in [2.05, 4.69) is 40.7 Å². The van der Waals surface area contributed by atoms with E-state index in [4.69, 9.17) is 4.74 Å². The summed E-state index contributed by atoms with van der Waals surface area (Å²) < 4.78 is 62.2. The van der Waals surface area contributed by atoms with Crippen LogP contribution in [0.3, 0.4) is 0 Å². The minimum Gasteiger partial charge on any atom is -0.444 e. The lowest BCUT2D eigenvalue weighted by Crippen LogP contribution is -2.60. The number of benzene rings is 1. The van der Waals surface area contributed by atoms with Crippen LogP contribution >= 0.6 is 11.8 Å². The molecule has 6 atom stereocenters. The maximum Gasteiger partial charge on any atom is 0.408 e. The molecule has 0 aromatic heterocycles. The number of unbranched alkanes of at least 4 members (excludes halogenated alkanes) is 3. The van der Waals surface area contributed by atoms with Crippen LogP contribution in [0.2, 0.25) is 0 Å². The summed E-state index contributed by atoms with van der Waals surface area (Å²) in [5.41, 5.74) is -1.93. The smallest absolute Gasteiger partial charge is 0.408 e. The van der Waals surface area contributed by atoms with Crippen LogP contribution in [0.5, 0.6) is 0 Å². The molecular formula is C46H64F2N4O7S2. The molecule has 336 valence electrons. The van der Waals surface area contributed by atoms with E-state index in [1.807, 2.05) is 36.4 Å². The van der Waals surface area contributed by atoms with E-state index in [9.17, 15) is 36.4 Å². The highest BCUT2D eigenvalue weighted by molar-refractivity contribution is 8.00. The lowest BCUT2D eigenvalue weighted by atomic mass is 9.82. The summed E-state index contributed by atoms with van der Waals surface area (Å²) in [6.45, 7) is 18.1. The third-order valence-electron chi connectivity index (χ3n) is 12.3. The number of carbonyl (C=O) groups excluding carboxylic acids is 4. The quantitative estimate of drug-likeness (QED) is 0.0932. The average Bonchev–Trinajstić information content (AvgIpc) is 4.10. The number of amides is 4. The van der Waals surface area contributed by atoms with Crippen molar-refractivity contribution >= 4 is 51.2 Å². The number of nitrogens with one attached hydrogen (secondary N) is 3. The Morgan fingerprint density at radius 3 is 2.23 bits per heavy atom. The first-order chi connectivity index (χ1) is 28.5. The first-order valence-electron chi connectivity index (χ1n) is 21.3. The lowest BCUT2D eigenvalue weighted by Gasteiger charge is -2.38. The Morgan fingerprint density at radius 2 is 1.69 bits per heavy atom. The summed E-state index contributed by atoms with van der Waals surface area (Å²) in [6.07, 6.45) is 10.0. The summed E-state index contributed by atoms with van der Waals surface area (Å²) in [7, 11) is -4.29. The zero-order valence-electron chi connectivity index (χ0n) is 36.4. The Balaban J connectivity index is 1.48. The number of nitrogens with zero attached hydrogens (tertiary/aromatic N) is 1. The maximum atomic E-state index is 15.0. The third-order valence-corrected chi connectivity index (χ3v) is 16.1. The van der Waals surface area contributed by atoms with Crippen LogP contribution in [-0.4, -0.2) is 88.6 Å². The van der Waals surface area contributed by atoms with Gasteiger partial charge in [-0.1, -0.05) is 94.3 Å². The minimum absolute atomic E-state index is 0.0374. The predicted molar refractivity (Wildman–Crippen MR) is 237 cm³/mol. The Labute approximate surface area is 365 Å². The molecular weight excluding hydrogens is 823 g/mol. The highest BCUT2D eigenvalue weighted by atomic mass is 32.2. The molecule has 3 aliphatic carbocycles. The predicted octanol–water partition coefficient (Wildman–Crippen LogP) is 8.10. The summed E-state index contributed by atoms with van der Waals surface area (Å²) in [6, 6.07) is 7.40. The fourth-order valence-corrected chi connectivity index (χ4v) is 11.6. The number of hydrogen-bond acceptors (Lipinski definition) is 8. The molecule has 3 fully saturated rings. The normalized spacial score (nSPS) is 26.1. The molecule has 11 nitrogen and oxygen atoms in total. The number of rotatable bonds is 19. The van der Waals surface area contributed by atoms with Gasteiger partial charge in [0.1, 0.15) is 23.2 Å². The van der Waals surface area contributed by atoms with Gasteiger partial charge in [0, 0.05) is 17.0 Å². The molecule has 5 rings (SSSR count). The standard InChI is InChI=1S/C46H64F2N4O7S2/c1-9-11-12-13-17-24-44(25-26-44)61(57,58)51-40(55)46(28-34(46)37(47)48)50-38(53)35-29-45(60-27-10-2,33-22-20-32(21-23-33)31-18-15-14-16-19-31)30-52(35)39(54)36(42(3,4)5)49-41(56)59-43(6,7)8/h9-10,14-16,18-22,33-37H,1-2,11-13,17,23-30H2,3-8H3,(H,49,56)(H,50,53)(H,51,55)/t33?,34-,35-,36+,45-,46+/m0/s1. The van der Waals surface area contributed by atoms with Crippen LogP contribution in [0, 0.1) is 17.3 Å². The number of ether oxygens (including phenoxy) is 1. The molecule has 4 amide bonds. The molecule has 1 aromatic carbocycles. The van der Waals surface area contributed by atoms with E-state index in [0.717, 1.165) is 30.4 Å². The van der Waals surface area contributed by atoms with Gasteiger partial charge < -0.3 is 20.3 Å². The molecule has 15 heteroatoms. The second-order valence-electron chi connectivity index (χ2n) is 19.1. The summed E-state index contributed by atoms with van der Waals surface area (Å²) in [5, 5.41) is 5.32. The molecule has 1 unspecified atom stereocenters. The minimum atomic E-state index is -4.29. The third kappa shape index (κ3) is 11.2. The lowest BCUT2D eigenvalue weighted by molar-refractivity contribution is -0.143. The Bertz CT molecular complexity index is 1990. The first kappa shape index (κ1) is 48.1. The molecule has 1 saturated heterocycles. The molecule has 0 radical (unpaired) electrons. The van der Waals surface area contributed by atoms with E-state index < -0.39 is 90.7 Å². The van der Waals surface area contributed by atoms with Gasteiger partial charge in [-0.05, 0) is 94.6 Å². The number of alkyl halides is 2. The van der Waals surface area contributed by atoms with Crippen molar-refractivity contribution in [2.24, 2.45) is 17.3 Å². The van der Waals surface area contributed by atoms with Gasteiger partial charge in [0.25, 0.3) is 5.91 Å². The van der Waals surface area contributed by atoms with E-state index in [1.54, 1.807) is 53.7 Å². The van der Waals surface area contributed by atoms with Crippen molar-refractivity contribution in [3.05, 3.63) is 79.4 Å². The Hall–Kier alpha value is -3.98. The second-order valence-corrected chi connectivity index (χ2v) is 22.6. The van der Waals surface area contributed by atoms with Gasteiger partial charge in [-0.25, -0.2) is 22.0 Å². The molecule has 0 bridgehead atoms. The van der Waals surface area contributed by atoms with Crippen LogP contribution in [-0.2, 0) is 29.1 Å². The molecule has 0 spiro atoms. The van der Waals surface area contributed by atoms with Crippen molar-refractivity contribution in [3.63, 3.8) is 0 Å². The van der Waals surface area contributed by atoms with Crippen molar-refractivity contribution in [2.75, 3.05) is 12.3 Å². The van der Waals surface area contributed by atoms with Gasteiger partial charge in [0.2, 0.25) is 28.3 Å². The number of likely N-dealkylation sites (tertiary alicyclic amines) is 1. The van der Waals surface area contributed by atoms with Gasteiger partial charge in [0.05, 0.1) is 10.7 Å². The number of halogens is 2. The topological polar surface area (TPSA) is 151 Å². The van der Waals surface area contributed by atoms with E-state index in [1.165, 1.54) is 16.7 Å². The number of sulfonamides is 1. The van der Waals surface area contributed by atoms with Crippen LogP contribution < -0.4 is 15.4 Å². The highest BCUT2D eigenvalue weighted by Gasteiger charge is 2.68. The van der Waals surface area contributed by atoms with E-state index in [-0.39, 0.29) is 18.9 Å².